The maximum atomic E-state index is 12.5. The molecular formula is C25H30N2O4. The predicted molar refractivity (Wildman–Crippen MR) is 121 cm³/mol. The highest BCUT2D eigenvalue weighted by atomic mass is 16.5. The van der Waals surface area contributed by atoms with Gasteiger partial charge in [0.2, 0.25) is 5.91 Å². The van der Waals surface area contributed by atoms with Gasteiger partial charge in [-0.05, 0) is 60.1 Å². The second kappa shape index (κ2) is 9.77. The van der Waals surface area contributed by atoms with Gasteiger partial charge in [0, 0.05) is 17.3 Å². The number of hydrogen-bond acceptors (Lipinski definition) is 4. The topological polar surface area (TPSA) is 84.5 Å². The molecule has 2 aromatic carbocycles. The summed E-state index contributed by atoms with van der Waals surface area (Å²) in [7, 11) is 0. The monoisotopic (exact) mass is 422 g/mol. The molecule has 0 aromatic heterocycles. The first kappa shape index (κ1) is 22.5. The van der Waals surface area contributed by atoms with Crippen LogP contribution in [0.3, 0.4) is 0 Å². The summed E-state index contributed by atoms with van der Waals surface area (Å²) in [4.78, 5) is 36.6. The van der Waals surface area contributed by atoms with Gasteiger partial charge in [0.05, 0.1) is 5.56 Å². The lowest BCUT2D eigenvalue weighted by atomic mass is 9.92. The number of benzene rings is 2. The van der Waals surface area contributed by atoms with E-state index in [0.717, 1.165) is 29.7 Å². The third kappa shape index (κ3) is 5.94. The van der Waals surface area contributed by atoms with E-state index in [1.165, 1.54) is 0 Å². The highest BCUT2D eigenvalue weighted by Gasteiger charge is 2.29. The first-order valence-corrected chi connectivity index (χ1v) is 10.8. The van der Waals surface area contributed by atoms with Crippen molar-refractivity contribution in [2.75, 3.05) is 17.2 Å². The number of nitrogens with one attached hydrogen (secondary N) is 2. The highest BCUT2D eigenvalue weighted by Crippen LogP contribution is 2.32. The van der Waals surface area contributed by atoms with Crippen LogP contribution in [0.15, 0.2) is 42.5 Å². The standard InChI is InChI=1S/C25H30N2O4/c1-15(2)20-6-5-7-21(16(3)4)23(20)27-22(28)14-31-25(30)18-10-12-19(13-11-18)26-24(29)17-8-9-17/h5-7,10-13,15-17H,8-9,14H2,1-4H3,(H,26,29)(H,27,28). The van der Waals surface area contributed by atoms with Crippen LogP contribution in [-0.4, -0.2) is 24.4 Å². The molecule has 6 heteroatoms. The largest absolute Gasteiger partial charge is 0.452 e. The van der Waals surface area contributed by atoms with Crippen molar-refractivity contribution in [1.82, 2.24) is 0 Å². The Bertz CT molecular complexity index is 934. The molecule has 2 N–H and O–H groups in total. The lowest BCUT2D eigenvalue weighted by Crippen LogP contribution is -2.22. The van der Waals surface area contributed by atoms with Crippen molar-refractivity contribution >= 4 is 29.2 Å². The molecule has 2 amide bonds. The molecule has 0 radical (unpaired) electrons. The van der Waals surface area contributed by atoms with Crippen LogP contribution in [0.2, 0.25) is 0 Å². The Kier molecular flexibility index (Phi) is 7.10. The van der Waals surface area contributed by atoms with Gasteiger partial charge in [0.15, 0.2) is 6.61 Å². The fraction of sp³-hybridized carbons (Fsp3) is 0.400. The Morgan fingerprint density at radius 1 is 0.903 bits per heavy atom. The molecule has 1 fully saturated rings. The second-order valence-electron chi connectivity index (χ2n) is 8.59. The fourth-order valence-electron chi connectivity index (χ4n) is 3.36. The van der Waals surface area contributed by atoms with Crippen LogP contribution in [0, 0.1) is 5.92 Å². The van der Waals surface area contributed by atoms with Gasteiger partial charge in [-0.3, -0.25) is 9.59 Å². The molecule has 0 spiro atoms. The van der Waals surface area contributed by atoms with Crippen LogP contribution in [-0.2, 0) is 14.3 Å². The van der Waals surface area contributed by atoms with Gasteiger partial charge in [-0.2, -0.15) is 0 Å². The van der Waals surface area contributed by atoms with Crippen LogP contribution in [0.25, 0.3) is 0 Å². The molecule has 3 rings (SSSR count). The van der Waals surface area contributed by atoms with Crippen LogP contribution < -0.4 is 10.6 Å². The maximum absolute atomic E-state index is 12.5. The number of anilines is 2. The van der Waals surface area contributed by atoms with Crippen molar-refractivity contribution < 1.29 is 19.1 Å². The maximum Gasteiger partial charge on any atom is 0.338 e. The van der Waals surface area contributed by atoms with Gasteiger partial charge in [0.1, 0.15) is 0 Å². The Labute approximate surface area is 183 Å². The highest BCUT2D eigenvalue weighted by molar-refractivity contribution is 5.97. The molecule has 6 nitrogen and oxygen atoms in total. The van der Waals surface area contributed by atoms with Crippen LogP contribution in [0.5, 0.6) is 0 Å². The smallest absolute Gasteiger partial charge is 0.338 e. The zero-order valence-electron chi connectivity index (χ0n) is 18.5. The number of ether oxygens (including phenoxy) is 1. The molecule has 2 aromatic rings. The number of hydrogen-bond donors (Lipinski definition) is 2. The summed E-state index contributed by atoms with van der Waals surface area (Å²) in [5, 5.41) is 5.75. The van der Waals surface area contributed by atoms with E-state index in [4.69, 9.17) is 4.74 Å². The quantitative estimate of drug-likeness (QED) is 0.581. The van der Waals surface area contributed by atoms with Crippen molar-refractivity contribution in [2.24, 2.45) is 5.92 Å². The van der Waals surface area contributed by atoms with E-state index in [1.807, 2.05) is 18.2 Å². The third-order valence-corrected chi connectivity index (χ3v) is 5.31. The van der Waals surface area contributed by atoms with Gasteiger partial charge in [0.25, 0.3) is 5.91 Å². The van der Waals surface area contributed by atoms with Crippen molar-refractivity contribution in [2.45, 2.75) is 52.4 Å². The average Bonchev–Trinajstić information content (AvgIpc) is 3.58. The number of carbonyl (C=O) groups excluding carboxylic acids is 3. The lowest BCUT2D eigenvalue weighted by Gasteiger charge is -2.20. The van der Waals surface area contributed by atoms with E-state index in [1.54, 1.807) is 24.3 Å². The van der Waals surface area contributed by atoms with Gasteiger partial charge < -0.3 is 15.4 Å². The van der Waals surface area contributed by atoms with E-state index in [0.29, 0.717) is 11.3 Å². The minimum Gasteiger partial charge on any atom is -0.452 e. The number of para-hydroxylation sites is 1. The molecular weight excluding hydrogens is 392 g/mol. The third-order valence-electron chi connectivity index (χ3n) is 5.31. The molecule has 0 aliphatic heterocycles. The molecule has 1 saturated carbocycles. The zero-order valence-corrected chi connectivity index (χ0v) is 18.5. The molecule has 1 aliphatic rings. The minimum absolute atomic E-state index is 0.00874. The fourth-order valence-corrected chi connectivity index (χ4v) is 3.36. The zero-order chi connectivity index (χ0) is 22.5. The van der Waals surface area contributed by atoms with Gasteiger partial charge in [-0.1, -0.05) is 45.9 Å². The Morgan fingerprint density at radius 3 is 2.00 bits per heavy atom. The molecule has 0 atom stereocenters. The average molecular weight is 423 g/mol. The van der Waals surface area contributed by atoms with Crippen molar-refractivity contribution in [3.8, 4) is 0 Å². The number of esters is 1. The van der Waals surface area contributed by atoms with Crippen molar-refractivity contribution in [3.05, 3.63) is 59.2 Å². The summed E-state index contributed by atoms with van der Waals surface area (Å²) < 4.78 is 5.19. The van der Waals surface area contributed by atoms with E-state index >= 15 is 0 Å². The van der Waals surface area contributed by atoms with E-state index in [-0.39, 0.29) is 36.2 Å². The second-order valence-corrected chi connectivity index (χ2v) is 8.59. The Hall–Kier alpha value is -3.15. The van der Waals surface area contributed by atoms with Gasteiger partial charge >= 0.3 is 5.97 Å². The van der Waals surface area contributed by atoms with Crippen molar-refractivity contribution in [1.29, 1.82) is 0 Å². The van der Waals surface area contributed by atoms with Gasteiger partial charge in [-0.25, -0.2) is 4.79 Å². The summed E-state index contributed by atoms with van der Waals surface area (Å²) in [6.45, 7) is 7.93. The number of amides is 2. The number of rotatable bonds is 8. The summed E-state index contributed by atoms with van der Waals surface area (Å²) >= 11 is 0. The van der Waals surface area contributed by atoms with Gasteiger partial charge in [-0.15, -0.1) is 0 Å². The Balaban J connectivity index is 1.58. The van der Waals surface area contributed by atoms with E-state index in [9.17, 15) is 14.4 Å². The molecule has 31 heavy (non-hydrogen) atoms. The molecule has 0 saturated heterocycles. The SMILES string of the molecule is CC(C)c1cccc(C(C)C)c1NC(=O)COC(=O)c1ccc(NC(=O)C2CC2)cc1. The van der Waals surface area contributed by atoms with Crippen molar-refractivity contribution in [3.63, 3.8) is 0 Å². The molecule has 1 aliphatic carbocycles. The van der Waals surface area contributed by atoms with E-state index in [2.05, 4.69) is 38.3 Å². The predicted octanol–water partition coefficient (Wildman–Crippen LogP) is 5.08. The molecule has 0 unspecified atom stereocenters. The van der Waals surface area contributed by atoms with Crippen LogP contribution in [0.1, 0.15) is 73.9 Å². The van der Waals surface area contributed by atoms with Crippen LogP contribution >= 0.6 is 0 Å². The Morgan fingerprint density at radius 2 is 1.48 bits per heavy atom. The van der Waals surface area contributed by atoms with E-state index < -0.39 is 5.97 Å². The molecule has 0 bridgehead atoms. The lowest BCUT2D eigenvalue weighted by molar-refractivity contribution is -0.119. The minimum atomic E-state index is -0.587. The molecule has 164 valence electrons. The number of carbonyl (C=O) groups is 3. The summed E-state index contributed by atoms with van der Waals surface area (Å²) in [5.74, 6) is -0.353. The van der Waals surface area contributed by atoms with Crippen LogP contribution in [0.4, 0.5) is 11.4 Å². The summed E-state index contributed by atoms with van der Waals surface area (Å²) in [5.41, 5.74) is 3.86. The summed E-state index contributed by atoms with van der Waals surface area (Å²) in [6, 6.07) is 12.5. The first-order valence-electron chi connectivity index (χ1n) is 10.8. The summed E-state index contributed by atoms with van der Waals surface area (Å²) in [6.07, 6.45) is 1.86. The first-order chi connectivity index (χ1) is 14.8. The molecule has 0 heterocycles. The normalized spacial score (nSPS) is 13.2.